The van der Waals surface area contributed by atoms with Gasteiger partial charge in [-0.2, -0.15) is 10.2 Å². The van der Waals surface area contributed by atoms with Crippen molar-refractivity contribution in [2.45, 2.75) is 41.0 Å². The summed E-state index contributed by atoms with van der Waals surface area (Å²) in [4.78, 5) is 4.35. The van der Waals surface area contributed by atoms with Crippen molar-refractivity contribution in [2.75, 3.05) is 19.3 Å². The molecule has 0 bridgehead atoms. The van der Waals surface area contributed by atoms with Gasteiger partial charge in [-0.25, -0.2) is 0 Å². The van der Waals surface area contributed by atoms with Gasteiger partial charge in [-0.05, 0) is 53.1 Å². The molecule has 0 saturated heterocycles. The van der Waals surface area contributed by atoms with Gasteiger partial charge in [-0.1, -0.05) is 35.1 Å². The number of nitrogens with zero attached hydrogens (tertiary/aromatic N) is 3. The monoisotopic (exact) mass is 394 g/mol. The summed E-state index contributed by atoms with van der Waals surface area (Å²) in [5.74, 6) is 0.331. The van der Waals surface area contributed by atoms with Gasteiger partial charge in [0.15, 0.2) is 10.3 Å². The first kappa shape index (κ1) is 22.4. The number of allylic oxidation sites excluding steroid dienone is 4. The number of aliphatic imine (C=N–C) groups is 1. The van der Waals surface area contributed by atoms with Crippen LogP contribution < -0.4 is 16.2 Å². The van der Waals surface area contributed by atoms with Crippen LogP contribution in [0.25, 0.3) is 0 Å². The number of amidine groups is 1. The van der Waals surface area contributed by atoms with Crippen molar-refractivity contribution in [3.05, 3.63) is 23.3 Å². The highest BCUT2D eigenvalue weighted by atomic mass is 32.2. The Hall–Kier alpha value is -1.67. The van der Waals surface area contributed by atoms with Crippen molar-refractivity contribution in [2.24, 2.45) is 21.1 Å². The van der Waals surface area contributed by atoms with E-state index in [2.05, 4.69) is 57.4 Å². The molecule has 0 radical (unpaired) electrons. The highest BCUT2D eigenvalue weighted by Gasteiger charge is 2.18. The fourth-order valence-electron chi connectivity index (χ4n) is 2.47. The summed E-state index contributed by atoms with van der Waals surface area (Å²) in [6.45, 7) is 11.7. The van der Waals surface area contributed by atoms with E-state index in [4.69, 9.17) is 12.2 Å². The van der Waals surface area contributed by atoms with Gasteiger partial charge in [-0.3, -0.25) is 15.8 Å². The van der Waals surface area contributed by atoms with Crippen molar-refractivity contribution in [1.29, 1.82) is 0 Å². The summed E-state index contributed by atoms with van der Waals surface area (Å²) in [6.07, 6.45) is 7.21. The highest BCUT2D eigenvalue weighted by Crippen LogP contribution is 2.26. The molecule has 0 fully saturated rings. The van der Waals surface area contributed by atoms with E-state index in [1.807, 2.05) is 27.0 Å². The molecule has 1 rings (SSSR count). The minimum absolute atomic E-state index is 0.331. The van der Waals surface area contributed by atoms with Gasteiger partial charge in [0.1, 0.15) is 0 Å². The molecular formula is C18H30N6S2. The first-order valence-electron chi connectivity index (χ1n) is 8.77. The second-order valence-electron chi connectivity index (χ2n) is 5.93. The smallest absolute Gasteiger partial charge is 0.186 e. The van der Waals surface area contributed by atoms with Gasteiger partial charge < -0.3 is 5.32 Å². The van der Waals surface area contributed by atoms with Crippen molar-refractivity contribution in [3.63, 3.8) is 0 Å². The van der Waals surface area contributed by atoms with Crippen LogP contribution in [0, 0.1) is 5.92 Å². The highest BCUT2D eigenvalue weighted by molar-refractivity contribution is 8.13. The number of hydrogen-bond acceptors (Lipinski definition) is 5. The lowest BCUT2D eigenvalue weighted by molar-refractivity contribution is 0.806. The molecule has 8 heteroatoms. The van der Waals surface area contributed by atoms with Crippen LogP contribution in [0.2, 0.25) is 0 Å². The number of thioether (sulfide) groups is 1. The van der Waals surface area contributed by atoms with Crippen LogP contribution in [-0.2, 0) is 0 Å². The van der Waals surface area contributed by atoms with E-state index < -0.39 is 0 Å². The molecule has 0 heterocycles. The molecule has 26 heavy (non-hydrogen) atoms. The van der Waals surface area contributed by atoms with Gasteiger partial charge in [0.05, 0.1) is 11.4 Å². The third kappa shape index (κ3) is 7.70. The van der Waals surface area contributed by atoms with Crippen LogP contribution in [0.1, 0.15) is 41.0 Å². The standard InChI is InChI=1S/C18H30N6S2/c1-7-19-17(25)23-22-16(11-15-10-12(3)9-13(15)4)14(5)21-24-18(26-6)20-8-2/h9-10,15H,7-8,11H2,1-6H3,(H,20,24)(H2,19,23,25)/b21-14+,22-16+. The summed E-state index contributed by atoms with van der Waals surface area (Å²) in [5, 5.41) is 13.3. The van der Waals surface area contributed by atoms with Crippen LogP contribution in [0.15, 0.2) is 38.5 Å². The zero-order valence-electron chi connectivity index (χ0n) is 16.5. The Labute approximate surface area is 166 Å². The fourth-order valence-corrected chi connectivity index (χ4v) is 3.05. The van der Waals surface area contributed by atoms with Crippen LogP contribution in [0.5, 0.6) is 0 Å². The lowest BCUT2D eigenvalue weighted by atomic mass is 9.96. The van der Waals surface area contributed by atoms with Crippen molar-refractivity contribution in [1.82, 2.24) is 16.2 Å². The van der Waals surface area contributed by atoms with Crippen LogP contribution >= 0.6 is 24.0 Å². The zero-order chi connectivity index (χ0) is 19.5. The summed E-state index contributed by atoms with van der Waals surface area (Å²) < 4.78 is 0. The molecule has 0 amide bonds. The van der Waals surface area contributed by atoms with Crippen LogP contribution in [0.3, 0.4) is 0 Å². The molecule has 1 aliphatic rings. The van der Waals surface area contributed by atoms with E-state index in [-0.39, 0.29) is 0 Å². The predicted octanol–water partition coefficient (Wildman–Crippen LogP) is 3.44. The largest absolute Gasteiger partial charge is 0.362 e. The summed E-state index contributed by atoms with van der Waals surface area (Å²) in [7, 11) is 0. The lowest BCUT2D eigenvalue weighted by Crippen LogP contribution is -2.33. The van der Waals surface area contributed by atoms with Gasteiger partial charge >= 0.3 is 0 Å². The third-order valence-electron chi connectivity index (χ3n) is 3.78. The van der Waals surface area contributed by atoms with Crippen molar-refractivity contribution < 1.29 is 0 Å². The van der Waals surface area contributed by atoms with E-state index in [1.165, 1.54) is 22.9 Å². The maximum atomic E-state index is 5.21. The van der Waals surface area contributed by atoms with Crippen molar-refractivity contribution in [3.8, 4) is 0 Å². The molecule has 0 aliphatic heterocycles. The minimum Gasteiger partial charge on any atom is -0.362 e. The Morgan fingerprint density at radius 3 is 2.50 bits per heavy atom. The number of rotatable bonds is 7. The summed E-state index contributed by atoms with van der Waals surface area (Å²) in [6, 6.07) is 0. The van der Waals surface area contributed by atoms with Gasteiger partial charge in [-0.15, -0.1) is 0 Å². The third-order valence-corrected chi connectivity index (χ3v) is 4.62. The number of hydrogen-bond donors (Lipinski definition) is 3. The maximum absolute atomic E-state index is 5.21. The molecule has 0 aromatic carbocycles. The fraction of sp³-hybridized carbons (Fsp3) is 0.556. The molecule has 1 atom stereocenters. The molecule has 144 valence electrons. The zero-order valence-corrected chi connectivity index (χ0v) is 18.1. The van der Waals surface area contributed by atoms with E-state index in [9.17, 15) is 0 Å². The first-order chi connectivity index (χ1) is 12.4. The first-order valence-corrected chi connectivity index (χ1v) is 10.4. The normalized spacial score (nSPS) is 18.4. The molecule has 0 saturated carbocycles. The second kappa shape index (κ2) is 11.9. The number of thiocarbonyl (C=S) groups is 1. The van der Waals surface area contributed by atoms with Gasteiger partial charge in [0, 0.05) is 25.4 Å². The number of nitrogens with one attached hydrogen (secondary N) is 3. The maximum Gasteiger partial charge on any atom is 0.186 e. The molecule has 0 aromatic heterocycles. The molecule has 1 aliphatic carbocycles. The minimum atomic E-state index is 0.331. The van der Waals surface area contributed by atoms with Gasteiger partial charge in [0.25, 0.3) is 0 Å². The quantitative estimate of drug-likeness (QED) is 0.267. The topological polar surface area (TPSA) is 73.2 Å². The summed E-state index contributed by atoms with van der Waals surface area (Å²) >= 11 is 6.75. The number of hydrazone groups is 2. The molecular weight excluding hydrogens is 364 g/mol. The van der Waals surface area contributed by atoms with E-state index in [1.54, 1.807) is 0 Å². The van der Waals surface area contributed by atoms with Crippen LogP contribution in [0.4, 0.5) is 0 Å². The summed E-state index contributed by atoms with van der Waals surface area (Å²) in [5.41, 5.74) is 10.2. The Morgan fingerprint density at radius 1 is 1.23 bits per heavy atom. The lowest BCUT2D eigenvalue weighted by Gasteiger charge is -2.14. The Bertz CT molecular complexity index is 646. The molecule has 3 N–H and O–H groups in total. The van der Waals surface area contributed by atoms with Crippen molar-refractivity contribution >= 4 is 45.7 Å². The average molecular weight is 395 g/mol. The predicted molar refractivity (Wildman–Crippen MR) is 120 cm³/mol. The molecule has 0 aromatic rings. The van der Waals surface area contributed by atoms with E-state index in [0.717, 1.165) is 29.6 Å². The van der Waals surface area contributed by atoms with Crippen LogP contribution in [-0.4, -0.2) is 41.0 Å². The van der Waals surface area contributed by atoms with E-state index in [0.29, 0.717) is 17.6 Å². The average Bonchev–Trinajstić information content (AvgIpc) is 2.92. The molecule has 0 spiro atoms. The van der Waals surface area contributed by atoms with E-state index >= 15 is 0 Å². The van der Waals surface area contributed by atoms with Gasteiger partial charge in [0.2, 0.25) is 0 Å². The second-order valence-corrected chi connectivity index (χ2v) is 7.14. The molecule has 6 nitrogen and oxygen atoms in total. The Morgan fingerprint density at radius 2 is 1.96 bits per heavy atom. The Balaban J connectivity index is 2.95. The Kier molecular flexibility index (Phi) is 10.2. The SMILES string of the molecule is CCN=C(N/N=C(C)/C(CC1C=C(C)C=C1C)=N/NC(=S)NCC)SC. The molecule has 1 unspecified atom stereocenters.